The van der Waals surface area contributed by atoms with Crippen molar-refractivity contribution < 1.29 is 4.74 Å². The van der Waals surface area contributed by atoms with Crippen LogP contribution in [0.2, 0.25) is 5.15 Å². The van der Waals surface area contributed by atoms with Crippen LogP contribution in [-0.4, -0.2) is 30.2 Å². The molecule has 96 valence electrons. The monoisotopic (exact) mass is 257 g/mol. The SMILES string of the molecule is COCCC(C)(C)CNc1ncnc(Cl)c1C. The molecule has 1 aromatic heterocycles. The van der Waals surface area contributed by atoms with Crippen molar-refractivity contribution in [2.75, 3.05) is 25.6 Å². The number of hydrogen-bond acceptors (Lipinski definition) is 4. The Hall–Kier alpha value is -0.870. The third-order valence-corrected chi connectivity index (χ3v) is 3.12. The first-order valence-electron chi connectivity index (χ1n) is 5.66. The quantitative estimate of drug-likeness (QED) is 0.796. The molecule has 1 N–H and O–H groups in total. The van der Waals surface area contributed by atoms with Crippen LogP contribution >= 0.6 is 11.6 Å². The number of rotatable bonds is 6. The van der Waals surface area contributed by atoms with Crippen molar-refractivity contribution in [2.24, 2.45) is 5.41 Å². The molecule has 17 heavy (non-hydrogen) atoms. The molecule has 0 fully saturated rings. The van der Waals surface area contributed by atoms with Crippen LogP contribution in [0.1, 0.15) is 25.8 Å². The van der Waals surface area contributed by atoms with Crippen LogP contribution in [0.15, 0.2) is 6.33 Å². The van der Waals surface area contributed by atoms with Gasteiger partial charge in [-0.1, -0.05) is 25.4 Å². The molecule has 0 unspecified atom stereocenters. The van der Waals surface area contributed by atoms with Crippen LogP contribution in [-0.2, 0) is 4.74 Å². The Labute approximate surface area is 108 Å². The van der Waals surface area contributed by atoms with Crippen molar-refractivity contribution >= 4 is 17.4 Å². The number of nitrogens with one attached hydrogen (secondary N) is 1. The summed E-state index contributed by atoms with van der Waals surface area (Å²) in [6.45, 7) is 7.88. The maximum Gasteiger partial charge on any atom is 0.137 e. The molecule has 1 aromatic rings. The van der Waals surface area contributed by atoms with Crippen molar-refractivity contribution in [1.29, 1.82) is 0 Å². The van der Waals surface area contributed by atoms with Crippen molar-refractivity contribution in [3.8, 4) is 0 Å². The maximum absolute atomic E-state index is 5.94. The Balaban J connectivity index is 2.58. The molecule has 0 saturated carbocycles. The van der Waals surface area contributed by atoms with Crippen LogP contribution in [0, 0.1) is 12.3 Å². The fraction of sp³-hybridized carbons (Fsp3) is 0.667. The Kier molecular flexibility index (Phi) is 5.15. The van der Waals surface area contributed by atoms with Crippen LogP contribution in [0.5, 0.6) is 0 Å². The minimum absolute atomic E-state index is 0.153. The van der Waals surface area contributed by atoms with Gasteiger partial charge in [-0.3, -0.25) is 0 Å². The lowest BCUT2D eigenvalue weighted by Crippen LogP contribution is -2.25. The van der Waals surface area contributed by atoms with E-state index in [2.05, 4.69) is 29.1 Å². The highest BCUT2D eigenvalue weighted by Gasteiger charge is 2.18. The van der Waals surface area contributed by atoms with E-state index in [1.165, 1.54) is 6.33 Å². The molecule has 5 heteroatoms. The van der Waals surface area contributed by atoms with Gasteiger partial charge in [0.05, 0.1) is 0 Å². The Bertz CT molecular complexity index is 369. The molecule has 4 nitrogen and oxygen atoms in total. The van der Waals surface area contributed by atoms with Gasteiger partial charge in [-0.25, -0.2) is 9.97 Å². The van der Waals surface area contributed by atoms with Gasteiger partial charge in [0, 0.05) is 25.8 Å². The lowest BCUT2D eigenvalue weighted by molar-refractivity contribution is 0.157. The highest BCUT2D eigenvalue weighted by Crippen LogP contribution is 2.23. The van der Waals surface area contributed by atoms with Crippen molar-refractivity contribution in [3.63, 3.8) is 0 Å². The smallest absolute Gasteiger partial charge is 0.137 e. The molecule has 0 saturated heterocycles. The largest absolute Gasteiger partial charge is 0.385 e. The average molecular weight is 258 g/mol. The second-order valence-corrected chi connectivity index (χ2v) is 5.26. The minimum atomic E-state index is 0.153. The van der Waals surface area contributed by atoms with Gasteiger partial charge in [-0.15, -0.1) is 0 Å². The molecule has 0 radical (unpaired) electrons. The van der Waals surface area contributed by atoms with E-state index in [0.29, 0.717) is 5.15 Å². The molecule has 0 spiro atoms. The van der Waals surface area contributed by atoms with E-state index >= 15 is 0 Å². The number of hydrogen-bond donors (Lipinski definition) is 1. The van der Waals surface area contributed by atoms with E-state index in [1.54, 1.807) is 7.11 Å². The number of aromatic nitrogens is 2. The summed E-state index contributed by atoms with van der Waals surface area (Å²) in [4.78, 5) is 8.11. The molecule has 1 heterocycles. The molecule has 0 amide bonds. The average Bonchev–Trinajstić information content (AvgIpc) is 2.29. The number of nitrogens with zero attached hydrogens (tertiary/aromatic N) is 2. The summed E-state index contributed by atoms with van der Waals surface area (Å²) in [6.07, 6.45) is 2.47. The fourth-order valence-corrected chi connectivity index (χ4v) is 1.53. The van der Waals surface area contributed by atoms with Gasteiger partial charge in [0.15, 0.2) is 0 Å². The third-order valence-electron chi connectivity index (χ3n) is 2.74. The summed E-state index contributed by atoms with van der Waals surface area (Å²) in [5.41, 5.74) is 1.04. The van der Waals surface area contributed by atoms with E-state index in [9.17, 15) is 0 Å². The second-order valence-electron chi connectivity index (χ2n) is 4.90. The standard InChI is InChI=1S/C12H20ClN3O/c1-9-10(13)15-8-16-11(9)14-7-12(2,3)5-6-17-4/h8H,5-7H2,1-4H3,(H,14,15,16). The summed E-state index contributed by atoms with van der Waals surface area (Å²) >= 11 is 5.94. The summed E-state index contributed by atoms with van der Waals surface area (Å²) < 4.78 is 5.10. The highest BCUT2D eigenvalue weighted by molar-refractivity contribution is 6.30. The molecule has 0 aromatic carbocycles. The van der Waals surface area contributed by atoms with Crippen LogP contribution in [0.4, 0.5) is 5.82 Å². The molecule has 0 atom stereocenters. The maximum atomic E-state index is 5.94. The number of halogens is 1. The second kappa shape index (κ2) is 6.17. The first kappa shape index (κ1) is 14.2. The van der Waals surface area contributed by atoms with E-state index in [1.807, 2.05) is 6.92 Å². The molecule has 0 aliphatic rings. The predicted octanol–water partition coefficient (Wildman–Crippen LogP) is 2.91. The minimum Gasteiger partial charge on any atom is -0.385 e. The third kappa shape index (κ3) is 4.48. The number of anilines is 1. The Morgan fingerprint density at radius 2 is 2.12 bits per heavy atom. The van der Waals surface area contributed by atoms with Gasteiger partial charge in [-0.2, -0.15) is 0 Å². The highest BCUT2D eigenvalue weighted by atomic mass is 35.5. The zero-order chi connectivity index (χ0) is 12.9. The molecule has 0 aliphatic carbocycles. The first-order chi connectivity index (χ1) is 7.96. The van der Waals surface area contributed by atoms with E-state index in [4.69, 9.17) is 16.3 Å². The molecular formula is C12H20ClN3O. The van der Waals surface area contributed by atoms with Crippen LogP contribution in [0.3, 0.4) is 0 Å². The topological polar surface area (TPSA) is 47.0 Å². The Morgan fingerprint density at radius 3 is 2.76 bits per heavy atom. The summed E-state index contributed by atoms with van der Waals surface area (Å²) in [7, 11) is 1.72. The summed E-state index contributed by atoms with van der Waals surface area (Å²) in [5.74, 6) is 0.801. The van der Waals surface area contributed by atoms with Crippen molar-refractivity contribution in [2.45, 2.75) is 27.2 Å². The lowest BCUT2D eigenvalue weighted by atomic mass is 9.90. The van der Waals surface area contributed by atoms with E-state index in [-0.39, 0.29) is 5.41 Å². The van der Waals surface area contributed by atoms with Gasteiger partial charge >= 0.3 is 0 Å². The Morgan fingerprint density at radius 1 is 1.41 bits per heavy atom. The fourth-order valence-electron chi connectivity index (χ4n) is 1.40. The van der Waals surface area contributed by atoms with Crippen LogP contribution < -0.4 is 5.32 Å². The van der Waals surface area contributed by atoms with E-state index < -0.39 is 0 Å². The zero-order valence-electron chi connectivity index (χ0n) is 10.9. The van der Waals surface area contributed by atoms with Gasteiger partial charge in [-0.05, 0) is 18.8 Å². The molecule has 0 bridgehead atoms. The molecule has 0 aliphatic heterocycles. The van der Waals surface area contributed by atoms with Gasteiger partial charge in [0.1, 0.15) is 17.3 Å². The van der Waals surface area contributed by atoms with Crippen molar-refractivity contribution in [1.82, 2.24) is 9.97 Å². The van der Waals surface area contributed by atoms with Crippen molar-refractivity contribution in [3.05, 3.63) is 17.0 Å². The summed E-state index contributed by atoms with van der Waals surface area (Å²) in [5, 5.41) is 3.81. The lowest BCUT2D eigenvalue weighted by Gasteiger charge is -2.25. The molecular weight excluding hydrogens is 238 g/mol. The first-order valence-corrected chi connectivity index (χ1v) is 6.04. The number of ether oxygens (including phenoxy) is 1. The van der Waals surface area contributed by atoms with E-state index in [0.717, 1.165) is 31.0 Å². The zero-order valence-corrected chi connectivity index (χ0v) is 11.6. The normalized spacial score (nSPS) is 11.6. The van der Waals surface area contributed by atoms with Gasteiger partial charge < -0.3 is 10.1 Å². The van der Waals surface area contributed by atoms with Gasteiger partial charge in [0.25, 0.3) is 0 Å². The van der Waals surface area contributed by atoms with Gasteiger partial charge in [0.2, 0.25) is 0 Å². The summed E-state index contributed by atoms with van der Waals surface area (Å²) in [6, 6.07) is 0. The number of methoxy groups -OCH3 is 1. The van der Waals surface area contributed by atoms with Crippen LogP contribution in [0.25, 0.3) is 0 Å². The predicted molar refractivity (Wildman–Crippen MR) is 70.5 cm³/mol. The molecule has 1 rings (SSSR count).